The Balaban J connectivity index is 2.54. The van der Waals surface area contributed by atoms with Crippen LogP contribution in [-0.4, -0.2) is 29.6 Å². The third-order valence-corrected chi connectivity index (χ3v) is 2.41. The van der Waals surface area contributed by atoms with Gasteiger partial charge >= 0.3 is 5.97 Å². The predicted molar refractivity (Wildman–Crippen MR) is 64.9 cm³/mol. The number of amides is 1. The van der Waals surface area contributed by atoms with Crippen LogP contribution in [0, 0.1) is 12.7 Å². The molecule has 3 N–H and O–H groups in total. The van der Waals surface area contributed by atoms with Crippen LogP contribution in [0.2, 0.25) is 0 Å². The molecule has 0 saturated heterocycles. The number of rotatable bonds is 5. The Morgan fingerprint density at radius 1 is 1.44 bits per heavy atom. The van der Waals surface area contributed by atoms with E-state index in [1.54, 1.807) is 13.0 Å². The molecule has 0 bridgehead atoms. The fraction of sp³-hybridized carbons (Fsp3) is 0.333. The predicted octanol–water partition coefficient (Wildman–Crippen LogP) is 1.14. The summed E-state index contributed by atoms with van der Waals surface area (Å²) in [5, 5.41) is 13.7. The molecule has 1 aromatic carbocycles. The molecule has 0 fully saturated rings. The van der Waals surface area contributed by atoms with Crippen LogP contribution >= 0.6 is 0 Å². The second-order valence-corrected chi connectivity index (χ2v) is 3.95. The van der Waals surface area contributed by atoms with Crippen molar-refractivity contribution in [3.63, 3.8) is 0 Å². The van der Waals surface area contributed by atoms with Crippen molar-refractivity contribution in [1.29, 1.82) is 0 Å². The molecule has 0 aliphatic carbocycles. The van der Waals surface area contributed by atoms with Gasteiger partial charge < -0.3 is 10.4 Å². The van der Waals surface area contributed by atoms with Gasteiger partial charge in [-0.05, 0) is 31.5 Å². The Morgan fingerprint density at radius 2 is 2.11 bits per heavy atom. The van der Waals surface area contributed by atoms with Gasteiger partial charge in [-0.2, -0.15) is 0 Å². The number of carbonyl (C=O) groups excluding carboxylic acids is 1. The van der Waals surface area contributed by atoms with Gasteiger partial charge in [0.05, 0.1) is 6.54 Å². The Hall–Kier alpha value is -1.95. The van der Waals surface area contributed by atoms with Gasteiger partial charge in [-0.1, -0.05) is 6.07 Å². The maximum Gasteiger partial charge on any atom is 0.320 e. The maximum atomic E-state index is 13.0. The number of benzene rings is 1. The SMILES string of the molecule is Cc1ccc(F)cc1NC(=O)CN[C@H](C)C(=O)O. The molecule has 1 rings (SSSR count). The third kappa shape index (κ3) is 4.14. The van der Waals surface area contributed by atoms with Crippen molar-refractivity contribution in [2.75, 3.05) is 11.9 Å². The fourth-order valence-corrected chi connectivity index (χ4v) is 1.26. The van der Waals surface area contributed by atoms with E-state index in [2.05, 4.69) is 10.6 Å². The van der Waals surface area contributed by atoms with E-state index in [-0.39, 0.29) is 6.54 Å². The van der Waals surface area contributed by atoms with Crippen molar-refractivity contribution >= 4 is 17.6 Å². The molecule has 0 heterocycles. The van der Waals surface area contributed by atoms with Gasteiger partial charge in [0.15, 0.2) is 0 Å². The summed E-state index contributed by atoms with van der Waals surface area (Å²) in [5.74, 6) is -1.90. The van der Waals surface area contributed by atoms with Gasteiger partial charge in [-0.3, -0.25) is 14.9 Å². The van der Waals surface area contributed by atoms with E-state index in [0.29, 0.717) is 5.69 Å². The van der Waals surface area contributed by atoms with Crippen LogP contribution < -0.4 is 10.6 Å². The average Bonchev–Trinajstić information content (AvgIpc) is 2.30. The number of anilines is 1. The van der Waals surface area contributed by atoms with Crippen molar-refractivity contribution in [3.8, 4) is 0 Å². The van der Waals surface area contributed by atoms with E-state index in [4.69, 9.17) is 5.11 Å². The molecule has 1 atom stereocenters. The molecule has 0 unspecified atom stereocenters. The minimum atomic E-state index is -1.04. The van der Waals surface area contributed by atoms with E-state index >= 15 is 0 Å². The molecule has 0 aliphatic heterocycles. The lowest BCUT2D eigenvalue weighted by Crippen LogP contribution is -2.39. The summed E-state index contributed by atoms with van der Waals surface area (Å²) in [7, 11) is 0. The van der Waals surface area contributed by atoms with Crippen LogP contribution in [0.4, 0.5) is 10.1 Å². The van der Waals surface area contributed by atoms with Gasteiger partial charge in [0, 0.05) is 5.69 Å². The van der Waals surface area contributed by atoms with Crippen molar-refractivity contribution < 1.29 is 19.1 Å². The summed E-state index contributed by atoms with van der Waals surface area (Å²) < 4.78 is 13.0. The zero-order valence-corrected chi connectivity index (χ0v) is 10.2. The lowest BCUT2D eigenvalue weighted by Gasteiger charge is -2.11. The number of aryl methyl sites for hydroxylation is 1. The highest BCUT2D eigenvalue weighted by Gasteiger charge is 2.12. The second kappa shape index (κ2) is 6.11. The summed E-state index contributed by atoms with van der Waals surface area (Å²) in [4.78, 5) is 22.0. The van der Waals surface area contributed by atoms with Crippen molar-refractivity contribution in [1.82, 2.24) is 5.32 Å². The van der Waals surface area contributed by atoms with E-state index in [1.165, 1.54) is 19.1 Å². The molecule has 0 aromatic heterocycles. The van der Waals surface area contributed by atoms with E-state index < -0.39 is 23.7 Å². The number of carbonyl (C=O) groups is 2. The van der Waals surface area contributed by atoms with Crippen LogP contribution in [0.25, 0.3) is 0 Å². The standard InChI is InChI=1S/C12H15FN2O3/c1-7-3-4-9(13)5-10(7)15-11(16)6-14-8(2)12(17)18/h3-5,8,14H,6H2,1-2H3,(H,15,16)(H,17,18)/t8-/m1/s1. The zero-order valence-electron chi connectivity index (χ0n) is 10.2. The Bertz CT molecular complexity index is 463. The lowest BCUT2D eigenvalue weighted by atomic mass is 10.2. The molecule has 0 spiro atoms. The number of carboxylic acid groups (broad SMARTS) is 1. The topological polar surface area (TPSA) is 78.4 Å². The van der Waals surface area contributed by atoms with Crippen molar-refractivity contribution in [3.05, 3.63) is 29.6 Å². The van der Waals surface area contributed by atoms with Gasteiger partial charge in [-0.15, -0.1) is 0 Å². The van der Waals surface area contributed by atoms with E-state index in [0.717, 1.165) is 5.56 Å². The number of halogens is 1. The first kappa shape index (κ1) is 14.1. The molecule has 0 radical (unpaired) electrons. The van der Waals surface area contributed by atoms with Gasteiger partial charge in [0.2, 0.25) is 5.91 Å². The molecule has 6 heteroatoms. The highest BCUT2D eigenvalue weighted by molar-refractivity contribution is 5.93. The average molecular weight is 254 g/mol. The number of carboxylic acids is 1. The molecule has 0 saturated carbocycles. The number of aliphatic carboxylic acids is 1. The third-order valence-electron chi connectivity index (χ3n) is 2.41. The van der Waals surface area contributed by atoms with Crippen molar-refractivity contribution in [2.45, 2.75) is 19.9 Å². The Kier molecular flexibility index (Phi) is 4.79. The Morgan fingerprint density at radius 3 is 2.72 bits per heavy atom. The molecular formula is C12H15FN2O3. The number of hydrogen-bond acceptors (Lipinski definition) is 3. The first-order valence-corrected chi connectivity index (χ1v) is 5.42. The first-order valence-electron chi connectivity index (χ1n) is 5.42. The molecular weight excluding hydrogens is 239 g/mol. The van der Waals surface area contributed by atoms with Gasteiger partial charge in [0.25, 0.3) is 0 Å². The van der Waals surface area contributed by atoms with Crippen LogP contribution in [0.15, 0.2) is 18.2 Å². The van der Waals surface area contributed by atoms with E-state index in [9.17, 15) is 14.0 Å². The first-order chi connectivity index (χ1) is 8.40. The van der Waals surface area contributed by atoms with Crippen LogP contribution in [0.5, 0.6) is 0 Å². The van der Waals surface area contributed by atoms with Crippen molar-refractivity contribution in [2.24, 2.45) is 0 Å². The summed E-state index contributed by atoms with van der Waals surface area (Å²) in [6.45, 7) is 3.02. The molecule has 18 heavy (non-hydrogen) atoms. The normalized spacial score (nSPS) is 11.9. The minimum absolute atomic E-state index is 0.149. The van der Waals surface area contributed by atoms with Crippen LogP contribution in [0.3, 0.4) is 0 Å². The molecule has 98 valence electrons. The summed E-state index contributed by atoms with van der Waals surface area (Å²) in [5.41, 5.74) is 1.11. The second-order valence-electron chi connectivity index (χ2n) is 3.95. The highest BCUT2D eigenvalue weighted by Crippen LogP contribution is 2.15. The van der Waals surface area contributed by atoms with Gasteiger partial charge in [-0.25, -0.2) is 4.39 Å². The quantitative estimate of drug-likeness (QED) is 0.736. The lowest BCUT2D eigenvalue weighted by molar-refractivity contribution is -0.139. The molecule has 1 amide bonds. The highest BCUT2D eigenvalue weighted by atomic mass is 19.1. The number of hydrogen-bond donors (Lipinski definition) is 3. The summed E-state index contributed by atoms with van der Waals surface area (Å²) in [6.07, 6.45) is 0. The zero-order chi connectivity index (χ0) is 13.7. The number of nitrogens with one attached hydrogen (secondary N) is 2. The van der Waals surface area contributed by atoms with Crippen LogP contribution in [0.1, 0.15) is 12.5 Å². The van der Waals surface area contributed by atoms with Gasteiger partial charge in [0.1, 0.15) is 11.9 Å². The maximum absolute atomic E-state index is 13.0. The Labute approximate surface area is 104 Å². The minimum Gasteiger partial charge on any atom is -0.480 e. The monoisotopic (exact) mass is 254 g/mol. The van der Waals surface area contributed by atoms with Crippen LogP contribution in [-0.2, 0) is 9.59 Å². The molecule has 5 nitrogen and oxygen atoms in total. The van der Waals surface area contributed by atoms with E-state index in [1.807, 2.05) is 0 Å². The largest absolute Gasteiger partial charge is 0.480 e. The molecule has 0 aliphatic rings. The fourth-order valence-electron chi connectivity index (χ4n) is 1.26. The molecule has 1 aromatic rings. The summed E-state index contributed by atoms with van der Waals surface area (Å²) in [6, 6.07) is 3.26. The smallest absolute Gasteiger partial charge is 0.320 e. The summed E-state index contributed by atoms with van der Waals surface area (Å²) >= 11 is 0.